The van der Waals surface area contributed by atoms with E-state index in [9.17, 15) is 14.4 Å². The highest BCUT2D eigenvalue weighted by Crippen LogP contribution is 2.37. The average Bonchev–Trinajstić information content (AvgIpc) is 3.47. The van der Waals surface area contributed by atoms with E-state index in [-0.39, 0.29) is 12.3 Å². The second-order valence-corrected chi connectivity index (χ2v) is 10.0. The Labute approximate surface area is 227 Å². The number of carbonyl (C=O) groups excluding carboxylic acids is 3. The van der Waals surface area contributed by atoms with Gasteiger partial charge in [-0.1, -0.05) is 91.0 Å². The van der Waals surface area contributed by atoms with Crippen LogP contribution in [0.3, 0.4) is 0 Å². The zero-order valence-corrected chi connectivity index (χ0v) is 22.1. The van der Waals surface area contributed by atoms with Crippen molar-refractivity contribution in [3.63, 3.8) is 0 Å². The molecule has 4 rings (SSSR count). The number of nitrogens with one attached hydrogen (secondary N) is 2. The molecule has 2 N–H and O–H groups in total. The first-order valence-corrected chi connectivity index (χ1v) is 12.6. The van der Waals surface area contributed by atoms with E-state index in [4.69, 9.17) is 9.15 Å². The van der Waals surface area contributed by atoms with Crippen LogP contribution < -0.4 is 10.6 Å². The molecule has 39 heavy (non-hydrogen) atoms. The summed E-state index contributed by atoms with van der Waals surface area (Å²) >= 11 is 0. The van der Waals surface area contributed by atoms with Crippen LogP contribution in [0.2, 0.25) is 0 Å². The van der Waals surface area contributed by atoms with E-state index in [1.54, 1.807) is 20.8 Å². The van der Waals surface area contributed by atoms with Crippen LogP contribution in [0.5, 0.6) is 0 Å². The number of alkyl carbamates (subject to hydrolysis) is 1. The molecule has 0 bridgehead atoms. The SMILES string of the molecule is CC(C)(C)OC(=O)N[C@H](CC(=O)NC(c1ccccc1)(c1ccccc1)c1ccccc1)C(=O)c1ncco1. The van der Waals surface area contributed by atoms with Crippen molar-refractivity contribution in [3.05, 3.63) is 126 Å². The monoisotopic (exact) mass is 525 g/mol. The molecule has 1 aromatic heterocycles. The molecule has 0 saturated heterocycles. The number of amides is 2. The first-order chi connectivity index (χ1) is 18.7. The Hall–Kier alpha value is -4.72. The van der Waals surface area contributed by atoms with Gasteiger partial charge in [0.1, 0.15) is 23.4 Å². The van der Waals surface area contributed by atoms with Crippen LogP contribution in [-0.4, -0.2) is 34.4 Å². The number of hydrogen-bond donors (Lipinski definition) is 2. The highest BCUT2D eigenvalue weighted by Gasteiger charge is 2.39. The fraction of sp³-hybridized carbons (Fsp3) is 0.226. The molecule has 0 saturated carbocycles. The van der Waals surface area contributed by atoms with Gasteiger partial charge in [0.2, 0.25) is 11.7 Å². The average molecular weight is 526 g/mol. The van der Waals surface area contributed by atoms with Crippen molar-refractivity contribution < 1.29 is 23.5 Å². The van der Waals surface area contributed by atoms with E-state index < -0.39 is 35.0 Å². The quantitative estimate of drug-likeness (QED) is 0.228. The van der Waals surface area contributed by atoms with E-state index in [0.29, 0.717) is 0 Å². The maximum Gasteiger partial charge on any atom is 0.408 e. The second kappa shape index (κ2) is 11.8. The number of Topliss-reactive ketones (excluding diaryl/α,β-unsaturated/α-hetero) is 1. The molecule has 0 aliphatic carbocycles. The lowest BCUT2D eigenvalue weighted by Gasteiger charge is -2.37. The van der Waals surface area contributed by atoms with Crippen molar-refractivity contribution in [2.24, 2.45) is 0 Å². The first kappa shape index (κ1) is 27.3. The van der Waals surface area contributed by atoms with E-state index in [1.165, 1.54) is 12.5 Å². The number of ketones is 1. The number of ether oxygens (including phenoxy) is 1. The minimum absolute atomic E-state index is 0.218. The molecule has 8 nitrogen and oxygen atoms in total. The summed E-state index contributed by atoms with van der Waals surface area (Å²) in [6.45, 7) is 5.12. The summed E-state index contributed by atoms with van der Waals surface area (Å²) in [6, 6.07) is 27.5. The molecular formula is C31H31N3O5. The Morgan fingerprint density at radius 2 is 1.31 bits per heavy atom. The molecule has 0 fully saturated rings. The molecule has 0 aliphatic rings. The third-order valence-corrected chi connectivity index (χ3v) is 5.99. The van der Waals surface area contributed by atoms with Gasteiger partial charge in [0.15, 0.2) is 0 Å². The van der Waals surface area contributed by atoms with Gasteiger partial charge < -0.3 is 19.8 Å². The standard InChI is InChI=1S/C31H31N3O5/c1-30(2,3)39-29(37)33-25(27(36)28-32-19-20-38-28)21-26(35)34-31(22-13-7-4-8-14-22,23-15-9-5-10-16-23)24-17-11-6-12-18-24/h4-20,25H,21H2,1-3H3,(H,33,37)(H,34,35)/t25-/m1/s1. The van der Waals surface area contributed by atoms with Crippen molar-refractivity contribution in [2.75, 3.05) is 0 Å². The van der Waals surface area contributed by atoms with Gasteiger partial charge in [0.05, 0.1) is 12.6 Å². The van der Waals surface area contributed by atoms with E-state index >= 15 is 0 Å². The van der Waals surface area contributed by atoms with Gasteiger partial charge in [0, 0.05) is 0 Å². The summed E-state index contributed by atoms with van der Waals surface area (Å²) in [5, 5.41) is 5.72. The van der Waals surface area contributed by atoms with Crippen LogP contribution in [0.25, 0.3) is 0 Å². The summed E-state index contributed by atoms with van der Waals surface area (Å²) in [5.41, 5.74) is 0.596. The van der Waals surface area contributed by atoms with Crippen molar-refractivity contribution in [3.8, 4) is 0 Å². The van der Waals surface area contributed by atoms with Crippen molar-refractivity contribution in [2.45, 2.75) is 44.4 Å². The van der Waals surface area contributed by atoms with Crippen LogP contribution in [0.1, 0.15) is 54.6 Å². The maximum atomic E-state index is 13.8. The summed E-state index contributed by atoms with van der Waals surface area (Å²) in [7, 11) is 0. The maximum absolute atomic E-state index is 13.8. The Balaban J connectivity index is 1.73. The van der Waals surface area contributed by atoms with Gasteiger partial charge >= 0.3 is 6.09 Å². The first-order valence-electron chi connectivity index (χ1n) is 12.6. The summed E-state index contributed by atoms with van der Waals surface area (Å²) in [4.78, 5) is 43.5. The van der Waals surface area contributed by atoms with Crippen molar-refractivity contribution in [1.82, 2.24) is 15.6 Å². The van der Waals surface area contributed by atoms with E-state index in [2.05, 4.69) is 15.6 Å². The number of aromatic nitrogens is 1. The molecule has 0 unspecified atom stereocenters. The van der Waals surface area contributed by atoms with E-state index in [0.717, 1.165) is 16.7 Å². The minimum atomic E-state index is -1.28. The number of nitrogens with zero attached hydrogens (tertiary/aromatic N) is 1. The molecule has 0 aliphatic heterocycles. The Morgan fingerprint density at radius 1 is 0.821 bits per heavy atom. The van der Waals surface area contributed by atoms with Crippen LogP contribution in [0.15, 0.2) is 108 Å². The van der Waals surface area contributed by atoms with Gasteiger partial charge in [-0.25, -0.2) is 9.78 Å². The molecule has 3 aromatic carbocycles. The predicted molar refractivity (Wildman–Crippen MR) is 146 cm³/mol. The summed E-state index contributed by atoms with van der Waals surface area (Å²) in [6.07, 6.45) is 1.36. The third kappa shape index (κ3) is 6.59. The van der Waals surface area contributed by atoms with Gasteiger partial charge in [-0.05, 0) is 37.5 Å². The normalized spacial score (nSPS) is 12.3. The van der Waals surface area contributed by atoms with Gasteiger partial charge in [-0.3, -0.25) is 9.59 Å². The zero-order valence-electron chi connectivity index (χ0n) is 22.1. The number of carbonyl (C=O) groups is 3. The number of rotatable bonds is 9. The van der Waals surface area contributed by atoms with Crippen LogP contribution in [0.4, 0.5) is 4.79 Å². The Kier molecular flexibility index (Phi) is 8.24. The molecule has 1 atom stereocenters. The Bertz CT molecular complexity index is 1290. The third-order valence-electron chi connectivity index (χ3n) is 5.99. The summed E-state index contributed by atoms with van der Waals surface area (Å²) in [5.74, 6) is -1.34. The molecular weight excluding hydrogens is 494 g/mol. The fourth-order valence-electron chi connectivity index (χ4n) is 4.38. The molecule has 0 radical (unpaired) electrons. The zero-order chi connectivity index (χ0) is 27.9. The van der Waals surface area contributed by atoms with Crippen molar-refractivity contribution in [1.29, 1.82) is 0 Å². The van der Waals surface area contributed by atoms with Gasteiger partial charge in [0.25, 0.3) is 5.89 Å². The topological polar surface area (TPSA) is 111 Å². The molecule has 4 aromatic rings. The lowest BCUT2D eigenvalue weighted by Crippen LogP contribution is -2.51. The largest absolute Gasteiger partial charge is 0.444 e. The smallest absolute Gasteiger partial charge is 0.408 e. The van der Waals surface area contributed by atoms with E-state index in [1.807, 2.05) is 91.0 Å². The lowest BCUT2D eigenvalue weighted by atomic mass is 9.77. The molecule has 1 heterocycles. The molecule has 0 spiro atoms. The number of benzene rings is 3. The molecule has 8 heteroatoms. The predicted octanol–water partition coefficient (Wildman–Crippen LogP) is 5.25. The van der Waals surface area contributed by atoms with Gasteiger partial charge in [-0.2, -0.15) is 0 Å². The summed E-state index contributed by atoms with van der Waals surface area (Å²) < 4.78 is 10.5. The Morgan fingerprint density at radius 3 is 1.72 bits per heavy atom. The van der Waals surface area contributed by atoms with Gasteiger partial charge in [-0.15, -0.1) is 0 Å². The second-order valence-electron chi connectivity index (χ2n) is 10.0. The minimum Gasteiger partial charge on any atom is -0.444 e. The highest BCUT2D eigenvalue weighted by molar-refractivity contribution is 6.00. The van der Waals surface area contributed by atoms with Crippen LogP contribution >= 0.6 is 0 Å². The van der Waals surface area contributed by atoms with Crippen LogP contribution in [-0.2, 0) is 15.1 Å². The molecule has 200 valence electrons. The number of hydrogen-bond acceptors (Lipinski definition) is 6. The fourth-order valence-corrected chi connectivity index (χ4v) is 4.38. The highest BCUT2D eigenvalue weighted by atomic mass is 16.6. The lowest BCUT2D eigenvalue weighted by molar-refractivity contribution is -0.122. The number of oxazole rings is 1. The molecule has 2 amide bonds. The van der Waals surface area contributed by atoms with Crippen molar-refractivity contribution >= 4 is 17.8 Å². The van der Waals surface area contributed by atoms with Crippen LogP contribution in [0, 0.1) is 0 Å².